The number of likely N-dealkylation sites (tertiary alicyclic amines) is 1. The van der Waals surface area contributed by atoms with Crippen molar-refractivity contribution in [2.75, 3.05) is 26.3 Å². The van der Waals surface area contributed by atoms with Gasteiger partial charge in [0.25, 0.3) is 0 Å². The van der Waals surface area contributed by atoms with E-state index in [0.29, 0.717) is 45.6 Å². The van der Waals surface area contributed by atoms with Crippen molar-refractivity contribution in [3.63, 3.8) is 0 Å². The fraction of sp³-hybridized carbons (Fsp3) is 0.556. The van der Waals surface area contributed by atoms with Crippen LogP contribution in [0.25, 0.3) is 0 Å². The van der Waals surface area contributed by atoms with Gasteiger partial charge in [-0.2, -0.15) is 0 Å². The molecule has 1 saturated heterocycles. The lowest BCUT2D eigenvalue weighted by Gasteiger charge is -2.20. The van der Waals surface area contributed by atoms with Gasteiger partial charge in [-0.25, -0.2) is 0 Å². The summed E-state index contributed by atoms with van der Waals surface area (Å²) in [6, 6.07) is 10.1. The van der Waals surface area contributed by atoms with Gasteiger partial charge in [-0.1, -0.05) is 30.3 Å². The van der Waals surface area contributed by atoms with Gasteiger partial charge in [0.05, 0.1) is 12.0 Å². The minimum absolute atomic E-state index is 0.0293. The van der Waals surface area contributed by atoms with Gasteiger partial charge in [-0.3, -0.25) is 9.59 Å². The topological polar surface area (TPSA) is 66.8 Å². The molecule has 1 N–H and O–H groups in total. The largest absolute Gasteiger partial charge is 0.481 e. The van der Waals surface area contributed by atoms with Crippen LogP contribution >= 0.6 is 0 Å². The molecule has 1 fully saturated rings. The first-order chi connectivity index (χ1) is 11.0. The third-order valence-corrected chi connectivity index (χ3v) is 4.40. The molecule has 1 amide bonds. The fourth-order valence-electron chi connectivity index (χ4n) is 2.77. The van der Waals surface area contributed by atoms with E-state index in [1.165, 1.54) is 5.56 Å². The summed E-state index contributed by atoms with van der Waals surface area (Å²) in [7, 11) is 0. The summed E-state index contributed by atoms with van der Waals surface area (Å²) in [6.45, 7) is 3.77. The molecule has 1 heterocycles. The molecule has 0 spiro atoms. The van der Waals surface area contributed by atoms with Crippen LogP contribution in [0.15, 0.2) is 30.3 Å². The molecule has 1 aromatic rings. The zero-order chi connectivity index (χ0) is 16.7. The second kappa shape index (κ2) is 8.11. The molecule has 1 atom stereocenters. The van der Waals surface area contributed by atoms with E-state index in [4.69, 9.17) is 4.74 Å². The molecule has 1 unspecified atom stereocenters. The highest BCUT2D eigenvalue weighted by atomic mass is 16.5. The number of ether oxygens (including phenoxy) is 1. The van der Waals surface area contributed by atoms with Crippen LogP contribution in [-0.2, 0) is 20.7 Å². The van der Waals surface area contributed by atoms with Crippen LogP contribution in [-0.4, -0.2) is 48.2 Å². The van der Waals surface area contributed by atoms with Crippen molar-refractivity contribution >= 4 is 11.9 Å². The smallest absolute Gasteiger partial charge is 0.311 e. The maximum absolute atomic E-state index is 12.1. The number of carbonyl (C=O) groups is 2. The maximum atomic E-state index is 12.1. The Bertz CT molecular complexity index is 531. The highest BCUT2D eigenvalue weighted by Gasteiger charge is 2.41. The molecular weight excluding hydrogens is 294 g/mol. The molecule has 0 bridgehead atoms. The van der Waals surface area contributed by atoms with Crippen LogP contribution in [0.1, 0.15) is 31.7 Å². The molecule has 2 rings (SSSR count). The quantitative estimate of drug-likeness (QED) is 0.747. The fourth-order valence-corrected chi connectivity index (χ4v) is 2.77. The summed E-state index contributed by atoms with van der Waals surface area (Å²) >= 11 is 0. The Morgan fingerprint density at radius 2 is 2.00 bits per heavy atom. The molecule has 0 aliphatic carbocycles. The second-order valence-corrected chi connectivity index (χ2v) is 6.38. The predicted molar refractivity (Wildman–Crippen MR) is 87.1 cm³/mol. The normalized spacial score (nSPS) is 20.7. The van der Waals surface area contributed by atoms with Gasteiger partial charge in [-0.05, 0) is 31.7 Å². The van der Waals surface area contributed by atoms with Gasteiger partial charge >= 0.3 is 5.97 Å². The number of carboxylic acid groups (broad SMARTS) is 1. The molecule has 1 aliphatic rings. The van der Waals surface area contributed by atoms with Crippen LogP contribution in [0.2, 0.25) is 0 Å². The number of hydrogen-bond acceptors (Lipinski definition) is 3. The van der Waals surface area contributed by atoms with E-state index >= 15 is 0 Å². The van der Waals surface area contributed by atoms with Crippen molar-refractivity contribution in [1.29, 1.82) is 0 Å². The summed E-state index contributed by atoms with van der Waals surface area (Å²) in [5, 5.41) is 9.18. The van der Waals surface area contributed by atoms with Crippen molar-refractivity contribution in [3.05, 3.63) is 35.9 Å². The summed E-state index contributed by atoms with van der Waals surface area (Å²) in [6.07, 6.45) is 2.49. The number of carboxylic acids is 1. The van der Waals surface area contributed by atoms with Crippen LogP contribution in [0.3, 0.4) is 0 Å². The van der Waals surface area contributed by atoms with Gasteiger partial charge < -0.3 is 14.7 Å². The van der Waals surface area contributed by atoms with E-state index in [2.05, 4.69) is 12.1 Å². The third-order valence-electron chi connectivity index (χ3n) is 4.40. The molecule has 0 aromatic heterocycles. The van der Waals surface area contributed by atoms with Crippen molar-refractivity contribution in [2.45, 2.75) is 32.6 Å². The molecule has 0 saturated carbocycles. The minimum atomic E-state index is -0.822. The van der Waals surface area contributed by atoms with Crippen molar-refractivity contribution in [2.24, 2.45) is 5.41 Å². The number of rotatable bonds is 8. The molecule has 1 aromatic carbocycles. The SMILES string of the molecule is CC1(C(=O)O)CCN(C(=O)CCCOCCc2ccccc2)C1. The second-order valence-electron chi connectivity index (χ2n) is 6.38. The average Bonchev–Trinajstić information content (AvgIpc) is 2.95. The number of amides is 1. The zero-order valence-electron chi connectivity index (χ0n) is 13.7. The predicted octanol–water partition coefficient (Wildman–Crippen LogP) is 2.35. The van der Waals surface area contributed by atoms with Crippen LogP contribution < -0.4 is 0 Å². The number of nitrogens with zero attached hydrogens (tertiary/aromatic N) is 1. The number of hydrogen-bond donors (Lipinski definition) is 1. The maximum Gasteiger partial charge on any atom is 0.311 e. The molecular formula is C18H25NO4. The van der Waals surface area contributed by atoms with E-state index in [0.717, 1.165) is 6.42 Å². The lowest BCUT2D eigenvalue weighted by Crippen LogP contribution is -2.34. The number of aliphatic carboxylic acids is 1. The lowest BCUT2D eigenvalue weighted by molar-refractivity contribution is -0.147. The average molecular weight is 319 g/mol. The van der Waals surface area contributed by atoms with Crippen LogP contribution in [0.4, 0.5) is 0 Å². The standard InChI is InChI=1S/C18H25NO4/c1-18(17(21)22)10-11-19(14-18)16(20)8-5-12-23-13-9-15-6-3-2-4-7-15/h2-4,6-7H,5,8-14H2,1H3,(H,21,22). The Kier molecular flexibility index (Phi) is 6.16. The first-order valence-corrected chi connectivity index (χ1v) is 8.14. The highest BCUT2D eigenvalue weighted by Crippen LogP contribution is 2.30. The zero-order valence-corrected chi connectivity index (χ0v) is 13.7. The van der Waals surface area contributed by atoms with Crippen molar-refractivity contribution in [1.82, 2.24) is 4.90 Å². The molecule has 0 radical (unpaired) electrons. The molecule has 5 heteroatoms. The first kappa shape index (κ1) is 17.5. The Morgan fingerprint density at radius 1 is 1.26 bits per heavy atom. The van der Waals surface area contributed by atoms with E-state index in [9.17, 15) is 14.7 Å². The molecule has 5 nitrogen and oxygen atoms in total. The Balaban J connectivity index is 1.58. The highest BCUT2D eigenvalue weighted by molar-refractivity contribution is 5.80. The van der Waals surface area contributed by atoms with E-state index in [1.54, 1.807) is 11.8 Å². The van der Waals surface area contributed by atoms with Gasteiger partial charge in [0.1, 0.15) is 0 Å². The van der Waals surface area contributed by atoms with Gasteiger partial charge in [0, 0.05) is 26.1 Å². The third kappa shape index (κ3) is 5.06. The van der Waals surface area contributed by atoms with E-state index in [1.807, 2.05) is 18.2 Å². The van der Waals surface area contributed by atoms with Crippen molar-refractivity contribution < 1.29 is 19.4 Å². The van der Waals surface area contributed by atoms with Crippen LogP contribution in [0.5, 0.6) is 0 Å². The minimum Gasteiger partial charge on any atom is -0.481 e. The van der Waals surface area contributed by atoms with Gasteiger partial charge in [0.2, 0.25) is 5.91 Å². The Morgan fingerprint density at radius 3 is 2.65 bits per heavy atom. The molecule has 1 aliphatic heterocycles. The van der Waals surface area contributed by atoms with E-state index in [-0.39, 0.29) is 5.91 Å². The Hall–Kier alpha value is -1.88. The number of carbonyl (C=O) groups excluding carboxylic acids is 1. The van der Waals surface area contributed by atoms with Gasteiger partial charge in [-0.15, -0.1) is 0 Å². The monoisotopic (exact) mass is 319 g/mol. The summed E-state index contributed by atoms with van der Waals surface area (Å²) in [5.74, 6) is -0.793. The first-order valence-electron chi connectivity index (χ1n) is 8.14. The van der Waals surface area contributed by atoms with E-state index < -0.39 is 11.4 Å². The van der Waals surface area contributed by atoms with Crippen molar-refractivity contribution in [3.8, 4) is 0 Å². The molecule has 23 heavy (non-hydrogen) atoms. The summed E-state index contributed by atoms with van der Waals surface area (Å²) in [5.41, 5.74) is 0.454. The summed E-state index contributed by atoms with van der Waals surface area (Å²) < 4.78 is 5.56. The van der Waals surface area contributed by atoms with Gasteiger partial charge in [0.15, 0.2) is 0 Å². The Labute approximate surface area is 137 Å². The number of benzene rings is 1. The lowest BCUT2D eigenvalue weighted by atomic mass is 9.90. The molecule has 126 valence electrons. The summed E-state index contributed by atoms with van der Waals surface area (Å²) in [4.78, 5) is 24.9. The van der Waals surface area contributed by atoms with Crippen LogP contribution in [0, 0.1) is 5.41 Å².